The van der Waals surface area contributed by atoms with Gasteiger partial charge < -0.3 is 18.9 Å². The number of hydrogen-bond acceptors (Lipinski definition) is 4. The highest BCUT2D eigenvalue weighted by Gasteiger charge is 2.50. The topological polar surface area (TPSA) is 56.6 Å². The molecular formula is C22H23N3O3. The molecule has 0 radical (unpaired) electrons. The molecule has 2 aliphatic rings. The number of aromatic nitrogens is 2. The molecule has 0 unspecified atom stereocenters. The van der Waals surface area contributed by atoms with Crippen molar-refractivity contribution in [1.29, 1.82) is 0 Å². The Morgan fingerprint density at radius 2 is 2.14 bits per heavy atom. The minimum Gasteiger partial charge on any atom is -0.474 e. The second-order valence-electron chi connectivity index (χ2n) is 7.79. The second kappa shape index (κ2) is 6.63. The van der Waals surface area contributed by atoms with E-state index in [2.05, 4.69) is 9.55 Å². The van der Waals surface area contributed by atoms with Crippen LogP contribution in [0.4, 0.5) is 0 Å². The molecule has 0 aliphatic carbocycles. The normalized spacial score (nSPS) is 20.9. The van der Waals surface area contributed by atoms with E-state index < -0.39 is 0 Å². The first kappa shape index (κ1) is 17.3. The van der Waals surface area contributed by atoms with Gasteiger partial charge in [-0.25, -0.2) is 4.98 Å². The molecule has 6 heteroatoms. The number of ether oxygens (including phenoxy) is 2. The van der Waals surface area contributed by atoms with Crippen molar-refractivity contribution >= 4 is 16.8 Å². The van der Waals surface area contributed by atoms with Crippen LogP contribution in [-0.4, -0.2) is 51.8 Å². The largest absolute Gasteiger partial charge is 0.474 e. The zero-order chi connectivity index (χ0) is 19.1. The highest BCUT2D eigenvalue weighted by Crippen LogP contribution is 2.36. The lowest BCUT2D eigenvalue weighted by Crippen LogP contribution is -2.67. The Bertz CT molecular complexity index is 1010. The zero-order valence-electron chi connectivity index (χ0n) is 15.9. The Labute approximate surface area is 163 Å². The van der Waals surface area contributed by atoms with Crippen LogP contribution < -0.4 is 4.74 Å². The summed E-state index contributed by atoms with van der Waals surface area (Å²) in [5, 5.41) is 1.08. The predicted octanol–water partition coefficient (Wildman–Crippen LogP) is 3.03. The summed E-state index contributed by atoms with van der Waals surface area (Å²) in [7, 11) is 2.01. The average molecular weight is 377 g/mol. The van der Waals surface area contributed by atoms with Gasteiger partial charge in [-0.15, -0.1) is 0 Å². The third-order valence-corrected chi connectivity index (χ3v) is 5.75. The van der Waals surface area contributed by atoms with E-state index in [0.29, 0.717) is 25.6 Å². The Morgan fingerprint density at radius 1 is 1.25 bits per heavy atom. The molecule has 2 aromatic heterocycles. The summed E-state index contributed by atoms with van der Waals surface area (Å²) in [5.74, 6) is 0.709. The summed E-state index contributed by atoms with van der Waals surface area (Å²) in [6.07, 6.45) is 5.44. The molecule has 2 aliphatic heterocycles. The van der Waals surface area contributed by atoms with Crippen LogP contribution in [0.1, 0.15) is 23.2 Å². The fraction of sp³-hybridized carbons (Fsp3) is 0.364. The summed E-state index contributed by atoms with van der Waals surface area (Å²) in [6.45, 7) is 1.87. The minimum atomic E-state index is -0.287. The molecule has 3 aromatic rings. The summed E-state index contributed by atoms with van der Waals surface area (Å²) >= 11 is 0. The van der Waals surface area contributed by atoms with Crippen LogP contribution >= 0.6 is 0 Å². The number of rotatable bonds is 3. The first-order chi connectivity index (χ1) is 13.6. The maximum atomic E-state index is 12.9. The van der Waals surface area contributed by atoms with E-state index in [1.165, 1.54) is 0 Å². The Morgan fingerprint density at radius 3 is 2.96 bits per heavy atom. The molecule has 0 bridgehead atoms. The zero-order valence-corrected chi connectivity index (χ0v) is 15.9. The fourth-order valence-corrected chi connectivity index (χ4v) is 4.28. The van der Waals surface area contributed by atoms with E-state index in [4.69, 9.17) is 9.47 Å². The number of amides is 1. The molecule has 28 heavy (non-hydrogen) atoms. The molecule has 2 fully saturated rings. The van der Waals surface area contributed by atoms with Crippen LogP contribution in [0.25, 0.3) is 10.9 Å². The molecule has 0 N–H and O–H groups in total. The lowest BCUT2D eigenvalue weighted by molar-refractivity contribution is -0.174. The standard InChI is InChI=1S/C22H23N3O3/c1-24-10-7-16-12-17(5-6-19(16)24)21(26)25-14-22(15-25)13-18(8-11-27-22)28-20-4-2-3-9-23-20/h2-7,9-10,12,18H,8,11,13-15H2,1H3/t18-/m1/s1. The van der Waals surface area contributed by atoms with E-state index in [1.54, 1.807) is 6.20 Å². The maximum Gasteiger partial charge on any atom is 0.254 e. The number of likely N-dealkylation sites (tertiary alicyclic amines) is 1. The van der Waals surface area contributed by atoms with Crippen molar-refractivity contribution in [3.63, 3.8) is 0 Å². The number of nitrogens with zero attached hydrogens (tertiary/aromatic N) is 3. The third-order valence-electron chi connectivity index (χ3n) is 5.75. The van der Waals surface area contributed by atoms with Gasteiger partial charge in [0.15, 0.2) is 0 Å². The Balaban J connectivity index is 1.24. The molecule has 4 heterocycles. The molecule has 144 valence electrons. The molecule has 6 nitrogen and oxygen atoms in total. The van der Waals surface area contributed by atoms with Crippen molar-refractivity contribution in [2.45, 2.75) is 24.5 Å². The molecule has 5 rings (SSSR count). The van der Waals surface area contributed by atoms with Crippen LogP contribution in [-0.2, 0) is 11.8 Å². The highest BCUT2D eigenvalue weighted by atomic mass is 16.5. The molecule has 0 saturated carbocycles. The summed E-state index contributed by atoms with van der Waals surface area (Å²) in [4.78, 5) is 19.0. The van der Waals surface area contributed by atoms with Crippen molar-refractivity contribution in [3.05, 3.63) is 60.4 Å². The lowest BCUT2D eigenvalue weighted by atomic mass is 9.84. The fourth-order valence-electron chi connectivity index (χ4n) is 4.28. The smallest absolute Gasteiger partial charge is 0.254 e. The van der Waals surface area contributed by atoms with E-state index in [-0.39, 0.29) is 17.6 Å². The van der Waals surface area contributed by atoms with Gasteiger partial charge in [-0.3, -0.25) is 4.79 Å². The summed E-state index contributed by atoms with van der Waals surface area (Å²) < 4.78 is 14.1. The number of hydrogen-bond donors (Lipinski definition) is 0. The van der Waals surface area contributed by atoms with E-state index in [1.807, 2.05) is 60.6 Å². The number of pyridine rings is 1. The molecule has 1 atom stereocenters. The van der Waals surface area contributed by atoms with Gasteiger partial charge in [-0.1, -0.05) is 6.07 Å². The van der Waals surface area contributed by atoms with Gasteiger partial charge in [0.05, 0.1) is 19.7 Å². The average Bonchev–Trinajstić information content (AvgIpc) is 3.07. The first-order valence-electron chi connectivity index (χ1n) is 9.68. The third kappa shape index (κ3) is 3.03. The molecule has 1 amide bonds. The predicted molar refractivity (Wildman–Crippen MR) is 105 cm³/mol. The maximum absolute atomic E-state index is 12.9. The summed E-state index contributed by atoms with van der Waals surface area (Å²) in [6, 6.07) is 13.6. The second-order valence-corrected chi connectivity index (χ2v) is 7.79. The Kier molecular flexibility index (Phi) is 4.09. The van der Waals surface area contributed by atoms with Crippen LogP contribution in [0, 0.1) is 0 Å². The van der Waals surface area contributed by atoms with Gasteiger partial charge in [-0.05, 0) is 30.3 Å². The van der Waals surface area contributed by atoms with Crippen molar-refractivity contribution in [1.82, 2.24) is 14.5 Å². The van der Waals surface area contributed by atoms with Crippen LogP contribution in [0.3, 0.4) is 0 Å². The lowest BCUT2D eigenvalue weighted by Gasteiger charge is -2.52. The van der Waals surface area contributed by atoms with Gasteiger partial charge in [0.1, 0.15) is 11.7 Å². The quantitative estimate of drug-likeness (QED) is 0.704. The summed E-state index contributed by atoms with van der Waals surface area (Å²) in [5.41, 5.74) is 1.57. The number of aryl methyl sites for hydroxylation is 1. The monoisotopic (exact) mass is 377 g/mol. The van der Waals surface area contributed by atoms with Crippen molar-refractivity contribution in [2.24, 2.45) is 7.05 Å². The van der Waals surface area contributed by atoms with Gasteiger partial charge >= 0.3 is 0 Å². The van der Waals surface area contributed by atoms with E-state index in [9.17, 15) is 4.79 Å². The van der Waals surface area contributed by atoms with E-state index in [0.717, 1.165) is 29.3 Å². The van der Waals surface area contributed by atoms with Gasteiger partial charge in [0.2, 0.25) is 5.88 Å². The van der Waals surface area contributed by atoms with Crippen molar-refractivity contribution in [3.8, 4) is 5.88 Å². The van der Waals surface area contributed by atoms with Crippen LogP contribution in [0.2, 0.25) is 0 Å². The number of benzene rings is 1. The Hall–Kier alpha value is -2.86. The molecule has 1 aromatic carbocycles. The highest BCUT2D eigenvalue weighted by molar-refractivity contribution is 5.98. The molecular weight excluding hydrogens is 354 g/mol. The first-order valence-corrected chi connectivity index (χ1v) is 9.68. The SMILES string of the molecule is Cn1ccc2cc(C(=O)N3CC4(C[C@H](Oc5ccccn5)CCO4)C3)ccc21. The van der Waals surface area contributed by atoms with Gasteiger partial charge in [0.25, 0.3) is 5.91 Å². The number of carbonyl (C=O) groups is 1. The van der Waals surface area contributed by atoms with Gasteiger partial charge in [-0.2, -0.15) is 0 Å². The molecule has 2 saturated heterocycles. The van der Waals surface area contributed by atoms with Crippen molar-refractivity contribution < 1.29 is 14.3 Å². The number of fused-ring (bicyclic) bond motifs is 1. The minimum absolute atomic E-state index is 0.0627. The van der Waals surface area contributed by atoms with Crippen LogP contribution in [0.5, 0.6) is 5.88 Å². The van der Waals surface area contributed by atoms with Crippen molar-refractivity contribution in [2.75, 3.05) is 19.7 Å². The number of carbonyl (C=O) groups excluding carboxylic acids is 1. The van der Waals surface area contributed by atoms with Crippen LogP contribution in [0.15, 0.2) is 54.9 Å². The van der Waals surface area contributed by atoms with Gasteiger partial charge in [0, 0.05) is 54.8 Å². The van der Waals surface area contributed by atoms with E-state index >= 15 is 0 Å². The molecule has 1 spiro atoms.